The SMILES string of the molecule is CCCCCCCCCCCCCCCCCCCCCC(=O)OC[C@H](COP(=O)(O)OC[C@H](N)C(=O)O)OC(=O)CCC[C@H](O)[C@@H](O)/C=C/C=C/C=C\C=C\[C@@H](O)CCCCC. The van der Waals surface area contributed by atoms with E-state index in [4.69, 9.17) is 24.8 Å². The maximum atomic E-state index is 12.7. The van der Waals surface area contributed by atoms with E-state index in [1.807, 2.05) is 0 Å². The summed E-state index contributed by atoms with van der Waals surface area (Å²) in [4.78, 5) is 46.1. The van der Waals surface area contributed by atoms with E-state index in [1.165, 1.54) is 102 Å². The predicted octanol–water partition coefficient (Wildman–Crippen LogP) is 9.87. The third-order valence-corrected chi connectivity index (χ3v) is 11.4. The Kier molecular flexibility index (Phi) is 40.2. The van der Waals surface area contributed by atoms with Crippen molar-refractivity contribution < 1.29 is 62.8 Å². The first-order valence-corrected chi connectivity index (χ1v) is 25.5. The van der Waals surface area contributed by atoms with Crippen molar-refractivity contribution in [2.24, 2.45) is 5.73 Å². The van der Waals surface area contributed by atoms with Crippen molar-refractivity contribution in [3.63, 3.8) is 0 Å². The summed E-state index contributed by atoms with van der Waals surface area (Å²) in [6.45, 7) is 2.37. The van der Waals surface area contributed by atoms with Gasteiger partial charge in [-0.25, -0.2) is 4.57 Å². The molecule has 15 heteroatoms. The normalized spacial score (nSPS) is 15.5. The number of carboxylic acids is 1. The summed E-state index contributed by atoms with van der Waals surface area (Å²) in [7, 11) is -4.82. The van der Waals surface area contributed by atoms with Crippen molar-refractivity contribution >= 4 is 25.7 Å². The molecule has 0 aromatic carbocycles. The number of nitrogens with two attached hydrogens (primary N) is 1. The van der Waals surface area contributed by atoms with Gasteiger partial charge in [0.15, 0.2) is 6.10 Å². The van der Waals surface area contributed by atoms with Gasteiger partial charge in [-0.2, -0.15) is 0 Å². The first kappa shape index (κ1) is 60.3. The van der Waals surface area contributed by atoms with Gasteiger partial charge in [0, 0.05) is 12.8 Å². The summed E-state index contributed by atoms with van der Waals surface area (Å²) in [6.07, 6.45) is 36.8. The summed E-state index contributed by atoms with van der Waals surface area (Å²) in [5.41, 5.74) is 5.32. The molecule has 0 radical (unpaired) electrons. The van der Waals surface area contributed by atoms with Crippen molar-refractivity contribution in [3.05, 3.63) is 48.6 Å². The van der Waals surface area contributed by atoms with Crippen LogP contribution in [0.4, 0.5) is 0 Å². The molecule has 0 saturated heterocycles. The number of unbranched alkanes of at least 4 members (excludes halogenated alkanes) is 20. The second-order valence-corrected chi connectivity index (χ2v) is 17.9. The van der Waals surface area contributed by atoms with Crippen LogP contribution in [-0.4, -0.2) is 93.5 Å². The number of rotatable bonds is 44. The molecule has 7 N–H and O–H groups in total. The molecule has 0 saturated carbocycles. The van der Waals surface area contributed by atoms with Crippen LogP contribution in [0, 0.1) is 0 Å². The number of hydrogen-bond acceptors (Lipinski definition) is 12. The first-order valence-electron chi connectivity index (χ1n) is 24.0. The highest BCUT2D eigenvalue weighted by atomic mass is 31.2. The van der Waals surface area contributed by atoms with Crippen molar-refractivity contribution in [2.45, 2.75) is 218 Å². The molecular weight excluding hydrogens is 829 g/mol. The minimum Gasteiger partial charge on any atom is -0.480 e. The first-order chi connectivity index (χ1) is 30.3. The van der Waals surface area contributed by atoms with Crippen LogP contribution in [0.5, 0.6) is 0 Å². The number of aliphatic hydroxyl groups excluding tert-OH is 3. The van der Waals surface area contributed by atoms with Crippen LogP contribution in [0.25, 0.3) is 0 Å². The third kappa shape index (κ3) is 40.6. The molecule has 6 atom stereocenters. The van der Waals surface area contributed by atoms with Crippen LogP contribution >= 0.6 is 7.82 Å². The molecule has 0 aliphatic rings. The van der Waals surface area contributed by atoms with Crippen molar-refractivity contribution in [1.82, 2.24) is 0 Å². The molecule has 0 fully saturated rings. The second-order valence-electron chi connectivity index (χ2n) is 16.5. The third-order valence-electron chi connectivity index (χ3n) is 10.4. The Morgan fingerprint density at radius 3 is 1.52 bits per heavy atom. The number of phosphoric ester groups is 1. The number of carboxylic acid groups (broad SMARTS) is 1. The Balaban J connectivity index is 4.58. The van der Waals surface area contributed by atoms with Gasteiger partial charge in [-0.05, 0) is 25.7 Å². The number of allylic oxidation sites excluding steroid dienone is 6. The van der Waals surface area contributed by atoms with E-state index < -0.39 is 76.0 Å². The van der Waals surface area contributed by atoms with E-state index in [-0.39, 0.29) is 25.7 Å². The van der Waals surface area contributed by atoms with Crippen LogP contribution < -0.4 is 5.73 Å². The number of hydrogen-bond donors (Lipinski definition) is 6. The quantitative estimate of drug-likeness (QED) is 0.0145. The Morgan fingerprint density at radius 2 is 1.00 bits per heavy atom. The lowest BCUT2D eigenvalue weighted by Crippen LogP contribution is -2.34. The molecule has 0 aromatic rings. The van der Waals surface area contributed by atoms with Gasteiger partial charge in [-0.15, -0.1) is 0 Å². The molecule has 0 bridgehead atoms. The van der Waals surface area contributed by atoms with Gasteiger partial charge in [-0.1, -0.05) is 197 Å². The molecule has 0 aliphatic heterocycles. The van der Waals surface area contributed by atoms with Gasteiger partial charge in [0.2, 0.25) is 0 Å². The van der Waals surface area contributed by atoms with Crippen molar-refractivity contribution in [3.8, 4) is 0 Å². The summed E-state index contributed by atoms with van der Waals surface area (Å²) < 4.78 is 32.5. The zero-order valence-electron chi connectivity index (χ0n) is 38.7. The summed E-state index contributed by atoms with van der Waals surface area (Å²) in [5, 5.41) is 39.4. The lowest BCUT2D eigenvalue weighted by atomic mass is 10.0. The lowest BCUT2D eigenvalue weighted by Gasteiger charge is -2.20. The standard InChI is InChI=1S/C48H86NO13P/c1-3-5-7-8-9-10-11-12-13-14-15-16-17-18-19-20-21-26-30-36-46(53)59-38-42(39-60-63(57,58)61-40-43(49)48(55)56)62-47(54)37-31-35-45(52)44(51)34-29-25-23-22-24-28-33-41(50)32-27-6-4-2/h22-25,28-29,33-34,41-45,50-52H,3-21,26-27,30-32,35-40,49H2,1-2H3,(H,55,56)(H,57,58)/b24-22-,25-23+,33-28+,34-29+/t41-,42+,43-,44-,45-/m0/s1. The Labute approximate surface area is 379 Å². The molecule has 366 valence electrons. The minimum absolute atomic E-state index is 0.0503. The van der Waals surface area contributed by atoms with Crippen LogP contribution in [0.2, 0.25) is 0 Å². The number of ether oxygens (including phenoxy) is 2. The molecular formula is C48H86NO13P. The maximum Gasteiger partial charge on any atom is 0.472 e. The largest absolute Gasteiger partial charge is 0.480 e. The van der Waals surface area contributed by atoms with Crippen LogP contribution in [0.1, 0.15) is 187 Å². The summed E-state index contributed by atoms with van der Waals surface area (Å²) >= 11 is 0. The van der Waals surface area contributed by atoms with Crippen LogP contribution in [-0.2, 0) is 37.5 Å². The lowest BCUT2D eigenvalue weighted by molar-refractivity contribution is -0.161. The Hall–Kier alpha value is -2.68. The fourth-order valence-corrected chi connectivity index (χ4v) is 7.29. The zero-order valence-corrected chi connectivity index (χ0v) is 39.6. The van der Waals surface area contributed by atoms with Gasteiger partial charge in [-0.3, -0.25) is 23.4 Å². The van der Waals surface area contributed by atoms with E-state index >= 15 is 0 Å². The van der Waals surface area contributed by atoms with Gasteiger partial charge >= 0.3 is 25.7 Å². The van der Waals surface area contributed by atoms with Crippen LogP contribution in [0.3, 0.4) is 0 Å². The van der Waals surface area contributed by atoms with E-state index in [2.05, 4.69) is 18.4 Å². The molecule has 0 heterocycles. The maximum absolute atomic E-state index is 12.7. The average Bonchev–Trinajstić information content (AvgIpc) is 3.25. The Morgan fingerprint density at radius 1 is 0.556 bits per heavy atom. The fourth-order valence-electron chi connectivity index (χ4n) is 6.51. The highest BCUT2D eigenvalue weighted by molar-refractivity contribution is 7.47. The molecule has 0 rings (SSSR count). The topological polar surface area (TPSA) is 232 Å². The van der Waals surface area contributed by atoms with Gasteiger partial charge in [0.05, 0.1) is 31.5 Å². The van der Waals surface area contributed by atoms with Crippen molar-refractivity contribution in [1.29, 1.82) is 0 Å². The second kappa shape index (κ2) is 42.0. The van der Waals surface area contributed by atoms with Crippen molar-refractivity contribution in [2.75, 3.05) is 19.8 Å². The van der Waals surface area contributed by atoms with E-state index in [1.54, 1.807) is 42.5 Å². The average molecular weight is 916 g/mol. The molecule has 0 aromatic heterocycles. The number of aliphatic carboxylic acids is 1. The van der Waals surface area contributed by atoms with Crippen LogP contribution in [0.15, 0.2) is 48.6 Å². The van der Waals surface area contributed by atoms with Gasteiger partial charge < -0.3 is 40.5 Å². The number of phosphoric acid groups is 1. The summed E-state index contributed by atoms with van der Waals surface area (Å²) in [5.74, 6) is -2.75. The number of carbonyl (C=O) groups is 3. The molecule has 0 spiro atoms. The van der Waals surface area contributed by atoms with E-state index in [9.17, 15) is 39.2 Å². The molecule has 1 unspecified atom stereocenters. The Bertz CT molecular complexity index is 1310. The fraction of sp³-hybridized carbons (Fsp3) is 0.771. The monoisotopic (exact) mass is 916 g/mol. The number of aliphatic hydroxyl groups is 3. The summed E-state index contributed by atoms with van der Waals surface area (Å²) in [6, 6.07) is -1.58. The van der Waals surface area contributed by atoms with Gasteiger partial charge in [0.25, 0.3) is 0 Å². The molecule has 63 heavy (non-hydrogen) atoms. The molecule has 0 amide bonds. The van der Waals surface area contributed by atoms with Gasteiger partial charge in [0.1, 0.15) is 12.6 Å². The molecule has 14 nitrogen and oxygen atoms in total. The molecule has 0 aliphatic carbocycles. The van der Waals surface area contributed by atoms with E-state index in [0.29, 0.717) is 6.42 Å². The van der Waals surface area contributed by atoms with E-state index in [0.717, 1.165) is 44.9 Å². The highest BCUT2D eigenvalue weighted by Gasteiger charge is 2.28. The predicted molar refractivity (Wildman–Crippen MR) is 249 cm³/mol. The smallest absolute Gasteiger partial charge is 0.472 e. The minimum atomic E-state index is -4.82. The zero-order chi connectivity index (χ0) is 46.8. The number of esters is 2. The number of carbonyl (C=O) groups excluding carboxylic acids is 2. The highest BCUT2D eigenvalue weighted by Crippen LogP contribution is 2.43.